The Morgan fingerprint density at radius 1 is 1.50 bits per heavy atom. The van der Waals surface area contributed by atoms with E-state index in [1.54, 1.807) is 7.11 Å². The third-order valence-electron chi connectivity index (χ3n) is 2.32. The van der Waals surface area contributed by atoms with Crippen molar-refractivity contribution in [1.82, 2.24) is 5.32 Å². The highest BCUT2D eigenvalue weighted by Gasteiger charge is 2.13. The molecule has 0 heterocycles. The van der Waals surface area contributed by atoms with Gasteiger partial charge in [0.05, 0.1) is 6.61 Å². The molecule has 0 aliphatic carbocycles. The third kappa shape index (κ3) is 6.13. The molecule has 3 N–H and O–H groups in total. The topological polar surface area (TPSA) is 47.3 Å². The lowest BCUT2D eigenvalue weighted by atomic mass is 10.0. The smallest absolute Gasteiger partial charge is 0.0503 e. The van der Waals surface area contributed by atoms with Gasteiger partial charge in [0, 0.05) is 19.7 Å². The number of ether oxygens (including phenoxy) is 1. The number of rotatable bonds is 8. The van der Waals surface area contributed by atoms with Crippen LogP contribution in [-0.2, 0) is 4.74 Å². The summed E-state index contributed by atoms with van der Waals surface area (Å²) in [6.07, 6.45) is 5.28. The van der Waals surface area contributed by atoms with Crippen molar-refractivity contribution >= 4 is 0 Å². The van der Waals surface area contributed by atoms with Crippen molar-refractivity contribution in [3.8, 4) is 0 Å². The number of nitrogens with two attached hydrogens (primary N) is 1. The maximum atomic E-state index is 5.68. The summed E-state index contributed by atoms with van der Waals surface area (Å²) in [4.78, 5) is 0. The highest BCUT2D eigenvalue weighted by atomic mass is 16.5. The predicted octanol–water partition coefficient (Wildman–Crippen LogP) is 1.15. The molecule has 0 aromatic carbocycles. The van der Waals surface area contributed by atoms with E-state index in [9.17, 15) is 0 Å². The fourth-order valence-electron chi connectivity index (χ4n) is 1.41. The Morgan fingerprint density at radius 3 is 2.71 bits per heavy atom. The fraction of sp³-hybridized carbons (Fsp3) is 0.818. The lowest BCUT2D eigenvalue weighted by molar-refractivity contribution is 0.140. The van der Waals surface area contributed by atoms with Crippen molar-refractivity contribution in [2.45, 2.75) is 26.3 Å². The summed E-state index contributed by atoms with van der Waals surface area (Å²) in [5.41, 5.74) is 5.68. The zero-order valence-corrected chi connectivity index (χ0v) is 9.62. The van der Waals surface area contributed by atoms with Crippen LogP contribution in [0.2, 0.25) is 0 Å². The van der Waals surface area contributed by atoms with Gasteiger partial charge in [-0.15, -0.1) is 0 Å². The van der Waals surface area contributed by atoms with Crippen molar-refractivity contribution in [3.63, 3.8) is 0 Å². The predicted molar refractivity (Wildman–Crippen MR) is 61.3 cm³/mol. The normalized spacial score (nSPS) is 16.0. The van der Waals surface area contributed by atoms with Crippen LogP contribution in [0.3, 0.4) is 0 Å². The molecule has 0 aromatic rings. The van der Waals surface area contributed by atoms with Crippen molar-refractivity contribution in [3.05, 3.63) is 12.2 Å². The Labute approximate surface area is 87.7 Å². The molecule has 0 saturated heterocycles. The molecule has 84 valence electrons. The minimum absolute atomic E-state index is 0.361. The van der Waals surface area contributed by atoms with E-state index >= 15 is 0 Å². The van der Waals surface area contributed by atoms with Crippen molar-refractivity contribution < 1.29 is 4.74 Å². The van der Waals surface area contributed by atoms with Crippen LogP contribution in [-0.4, -0.2) is 32.8 Å². The molecular formula is C11H24N2O. The molecule has 0 amide bonds. The molecule has 0 aliphatic rings. The second kappa shape index (κ2) is 9.19. The van der Waals surface area contributed by atoms with Gasteiger partial charge in [0.2, 0.25) is 0 Å². The average Bonchev–Trinajstić information content (AvgIpc) is 2.18. The first-order chi connectivity index (χ1) is 6.76. The molecule has 0 fully saturated rings. The van der Waals surface area contributed by atoms with Gasteiger partial charge in [0.1, 0.15) is 0 Å². The first-order valence-corrected chi connectivity index (χ1v) is 5.29. The zero-order chi connectivity index (χ0) is 10.8. The lowest BCUT2D eigenvalue weighted by Crippen LogP contribution is -2.43. The summed E-state index contributed by atoms with van der Waals surface area (Å²) in [5.74, 6) is 0.468. The van der Waals surface area contributed by atoms with Gasteiger partial charge >= 0.3 is 0 Å². The molecule has 0 saturated carbocycles. The molecule has 0 aromatic heterocycles. The standard InChI is InChI=1S/C11H24N2O/c1-4-5-6-7-13-11(8-12)10(2)9-14-3/h4-5,10-11,13H,6-9,12H2,1-3H3/b5-4+. The van der Waals surface area contributed by atoms with Gasteiger partial charge in [-0.2, -0.15) is 0 Å². The van der Waals surface area contributed by atoms with E-state index in [-0.39, 0.29) is 0 Å². The molecule has 0 spiro atoms. The molecule has 0 rings (SSSR count). The van der Waals surface area contributed by atoms with E-state index in [0.717, 1.165) is 19.6 Å². The third-order valence-corrected chi connectivity index (χ3v) is 2.32. The van der Waals surface area contributed by atoms with E-state index in [0.29, 0.717) is 18.5 Å². The van der Waals surface area contributed by atoms with E-state index < -0.39 is 0 Å². The molecule has 3 nitrogen and oxygen atoms in total. The van der Waals surface area contributed by atoms with Crippen molar-refractivity contribution in [2.75, 3.05) is 26.8 Å². The molecule has 14 heavy (non-hydrogen) atoms. The van der Waals surface area contributed by atoms with Crippen LogP contribution in [0.15, 0.2) is 12.2 Å². The van der Waals surface area contributed by atoms with Gasteiger partial charge < -0.3 is 15.8 Å². The first-order valence-electron chi connectivity index (χ1n) is 5.29. The Bertz CT molecular complexity index is 148. The lowest BCUT2D eigenvalue weighted by Gasteiger charge is -2.22. The summed E-state index contributed by atoms with van der Waals surface area (Å²) in [7, 11) is 1.73. The molecule has 3 heteroatoms. The molecule has 0 bridgehead atoms. The van der Waals surface area contributed by atoms with Gasteiger partial charge in [0.25, 0.3) is 0 Å². The number of allylic oxidation sites excluding steroid dienone is 1. The van der Waals surface area contributed by atoms with Gasteiger partial charge in [-0.3, -0.25) is 0 Å². The summed E-state index contributed by atoms with van der Waals surface area (Å²) in [6.45, 7) is 6.61. The van der Waals surface area contributed by atoms with Gasteiger partial charge in [-0.1, -0.05) is 19.1 Å². The average molecular weight is 200 g/mol. The summed E-state index contributed by atoms with van der Waals surface area (Å²) >= 11 is 0. The second-order valence-electron chi connectivity index (χ2n) is 3.59. The SMILES string of the molecule is C/C=C/CCNC(CN)C(C)COC. The quantitative estimate of drug-likeness (QED) is 0.456. The van der Waals surface area contributed by atoms with E-state index in [1.165, 1.54) is 0 Å². The molecule has 2 atom stereocenters. The number of methoxy groups -OCH3 is 1. The van der Waals surface area contributed by atoms with E-state index in [1.807, 2.05) is 6.92 Å². The van der Waals surface area contributed by atoms with Crippen LogP contribution < -0.4 is 11.1 Å². The number of hydrogen-bond donors (Lipinski definition) is 2. The maximum absolute atomic E-state index is 5.68. The van der Waals surface area contributed by atoms with Gasteiger partial charge in [-0.05, 0) is 25.8 Å². The van der Waals surface area contributed by atoms with Crippen LogP contribution in [0.5, 0.6) is 0 Å². The zero-order valence-electron chi connectivity index (χ0n) is 9.62. The summed E-state index contributed by atoms with van der Waals surface area (Å²) in [6, 6.07) is 0.361. The van der Waals surface area contributed by atoms with E-state index in [2.05, 4.69) is 24.4 Å². The summed E-state index contributed by atoms with van der Waals surface area (Å²) in [5, 5.41) is 3.43. The molecule has 2 unspecified atom stereocenters. The minimum atomic E-state index is 0.361. The van der Waals surface area contributed by atoms with Crippen LogP contribution in [0.4, 0.5) is 0 Å². The monoisotopic (exact) mass is 200 g/mol. The Morgan fingerprint density at radius 2 is 2.21 bits per heavy atom. The fourth-order valence-corrected chi connectivity index (χ4v) is 1.41. The van der Waals surface area contributed by atoms with Crippen LogP contribution >= 0.6 is 0 Å². The van der Waals surface area contributed by atoms with Gasteiger partial charge in [0.15, 0.2) is 0 Å². The van der Waals surface area contributed by atoms with Crippen LogP contribution in [0, 0.1) is 5.92 Å². The molecule has 0 radical (unpaired) electrons. The minimum Gasteiger partial charge on any atom is -0.384 e. The second-order valence-corrected chi connectivity index (χ2v) is 3.59. The highest BCUT2D eigenvalue weighted by molar-refractivity contribution is 4.80. The van der Waals surface area contributed by atoms with Crippen molar-refractivity contribution in [1.29, 1.82) is 0 Å². The first kappa shape index (κ1) is 13.6. The maximum Gasteiger partial charge on any atom is 0.0503 e. The molecule has 0 aliphatic heterocycles. The Kier molecular flexibility index (Phi) is 8.94. The van der Waals surface area contributed by atoms with Gasteiger partial charge in [-0.25, -0.2) is 0 Å². The van der Waals surface area contributed by atoms with Crippen LogP contribution in [0.25, 0.3) is 0 Å². The van der Waals surface area contributed by atoms with E-state index in [4.69, 9.17) is 10.5 Å². The molecular weight excluding hydrogens is 176 g/mol. The largest absolute Gasteiger partial charge is 0.384 e. The van der Waals surface area contributed by atoms with Crippen LogP contribution in [0.1, 0.15) is 20.3 Å². The number of hydrogen-bond acceptors (Lipinski definition) is 3. The Hall–Kier alpha value is -0.380. The Balaban J connectivity index is 3.66. The summed E-state index contributed by atoms with van der Waals surface area (Å²) < 4.78 is 5.10. The highest BCUT2D eigenvalue weighted by Crippen LogP contribution is 2.02. The van der Waals surface area contributed by atoms with Crippen molar-refractivity contribution in [2.24, 2.45) is 11.7 Å². The number of nitrogens with one attached hydrogen (secondary N) is 1.